The van der Waals surface area contributed by atoms with Crippen LogP contribution < -0.4 is 10.1 Å². The highest BCUT2D eigenvalue weighted by Gasteiger charge is 2.24. The van der Waals surface area contributed by atoms with E-state index in [-0.39, 0.29) is 22.4 Å². The molecule has 1 aliphatic rings. The molecule has 0 saturated carbocycles. The second-order valence-electron chi connectivity index (χ2n) is 6.09. The molecule has 1 heterocycles. The van der Waals surface area contributed by atoms with E-state index in [4.69, 9.17) is 21.1 Å². The maximum Gasteiger partial charge on any atom is 0.243 e. The van der Waals surface area contributed by atoms with Crippen LogP contribution in [0, 0.1) is 0 Å². The fourth-order valence-electron chi connectivity index (χ4n) is 2.62. The van der Waals surface area contributed by atoms with Gasteiger partial charge >= 0.3 is 0 Å². The van der Waals surface area contributed by atoms with Gasteiger partial charge in [0.2, 0.25) is 15.9 Å². The molecular weight excluding hydrogens is 394 g/mol. The Hall–Kier alpha value is -1.39. The Morgan fingerprint density at radius 3 is 2.70 bits per heavy atom. The molecule has 2 rings (SSSR count). The Morgan fingerprint density at radius 1 is 1.37 bits per heavy atom. The third-order valence-electron chi connectivity index (χ3n) is 4.13. The Bertz CT molecular complexity index is 738. The van der Waals surface area contributed by atoms with Crippen LogP contribution in [0.3, 0.4) is 0 Å². The van der Waals surface area contributed by atoms with Crippen molar-refractivity contribution in [1.82, 2.24) is 14.5 Å². The zero-order chi connectivity index (χ0) is 19.9. The number of hydrogen-bond donors (Lipinski definition) is 1. The summed E-state index contributed by atoms with van der Waals surface area (Å²) in [6, 6.07) is 4.25. The fraction of sp³-hybridized carbons (Fsp3) is 0.588. The Kier molecular flexibility index (Phi) is 8.30. The van der Waals surface area contributed by atoms with Crippen molar-refractivity contribution in [3.63, 3.8) is 0 Å². The minimum atomic E-state index is -3.83. The SMILES string of the molecule is CCOc1ccc(S(=O)(=O)N(C)CC(=O)NCCN2CCOCC2)cc1Cl. The van der Waals surface area contributed by atoms with E-state index in [9.17, 15) is 13.2 Å². The van der Waals surface area contributed by atoms with E-state index in [1.165, 1.54) is 25.2 Å². The van der Waals surface area contributed by atoms with E-state index in [0.29, 0.717) is 38.7 Å². The number of amides is 1. The summed E-state index contributed by atoms with van der Waals surface area (Å²) in [6.07, 6.45) is 0. The molecule has 152 valence electrons. The average molecular weight is 420 g/mol. The average Bonchev–Trinajstić information content (AvgIpc) is 2.64. The molecule has 0 bridgehead atoms. The van der Waals surface area contributed by atoms with Crippen LogP contribution in [0.2, 0.25) is 5.02 Å². The van der Waals surface area contributed by atoms with Crippen molar-refractivity contribution in [3.8, 4) is 5.75 Å². The zero-order valence-electron chi connectivity index (χ0n) is 15.6. The summed E-state index contributed by atoms with van der Waals surface area (Å²) in [5.41, 5.74) is 0. The molecule has 8 nitrogen and oxygen atoms in total. The summed E-state index contributed by atoms with van der Waals surface area (Å²) < 4.78 is 36.8. The highest BCUT2D eigenvalue weighted by Crippen LogP contribution is 2.28. The van der Waals surface area contributed by atoms with Gasteiger partial charge in [-0.3, -0.25) is 9.69 Å². The van der Waals surface area contributed by atoms with E-state index < -0.39 is 10.0 Å². The summed E-state index contributed by atoms with van der Waals surface area (Å²) in [7, 11) is -2.47. The number of nitrogens with one attached hydrogen (secondary N) is 1. The van der Waals surface area contributed by atoms with Crippen molar-refractivity contribution in [2.24, 2.45) is 0 Å². The van der Waals surface area contributed by atoms with Gasteiger partial charge in [-0.1, -0.05) is 11.6 Å². The van der Waals surface area contributed by atoms with Crippen molar-refractivity contribution in [2.75, 3.05) is 59.6 Å². The lowest BCUT2D eigenvalue weighted by Crippen LogP contribution is -2.43. The lowest BCUT2D eigenvalue weighted by molar-refractivity contribution is -0.121. The topological polar surface area (TPSA) is 88.2 Å². The second-order valence-corrected chi connectivity index (χ2v) is 8.54. The van der Waals surface area contributed by atoms with Crippen molar-refractivity contribution < 1.29 is 22.7 Å². The summed E-state index contributed by atoms with van der Waals surface area (Å²) in [5.74, 6) is 0.0630. The molecule has 1 saturated heterocycles. The minimum absolute atomic E-state index is 0.0135. The number of carbonyl (C=O) groups excluding carboxylic acids is 1. The lowest BCUT2D eigenvalue weighted by atomic mass is 10.3. The maximum atomic E-state index is 12.6. The van der Waals surface area contributed by atoms with Gasteiger partial charge in [-0.2, -0.15) is 4.31 Å². The number of ether oxygens (including phenoxy) is 2. The van der Waals surface area contributed by atoms with Gasteiger partial charge in [0.05, 0.1) is 36.3 Å². The van der Waals surface area contributed by atoms with Crippen LogP contribution in [0.25, 0.3) is 0 Å². The molecule has 27 heavy (non-hydrogen) atoms. The number of halogens is 1. The predicted octanol–water partition coefficient (Wildman–Crippen LogP) is 0.808. The number of benzene rings is 1. The number of sulfonamides is 1. The largest absolute Gasteiger partial charge is 0.492 e. The standard InChI is InChI=1S/C17H26ClN3O5S/c1-3-26-16-5-4-14(12-15(16)18)27(23,24)20(2)13-17(22)19-6-7-21-8-10-25-11-9-21/h4-5,12H,3,6-11,13H2,1-2H3,(H,19,22). The van der Waals surface area contributed by atoms with Crippen LogP contribution in [0.1, 0.15) is 6.92 Å². The first-order valence-electron chi connectivity index (χ1n) is 8.80. The van der Waals surface area contributed by atoms with Gasteiger partial charge in [0.1, 0.15) is 5.75 Å². The van der Waals surface area contributed by atoms with Gasteiger partial charge in [0.15, 0.2) is 0 Å². The van der Waals surface area contributed by atoms with E-state index in [1.807, 2.05) is 6.92 Å². The molecule has 10 heteroatoms. The first kappa shape index (κ1) is 21.9. The monoisotopic (exact) mass is 419 g/mol. The Labute approximate surface area is 165 Å². The lowest BCUT2D eigenvalue weighted by Gasteiger charge is -2.26. The molecule has 1 amide bonds. The van der Waals surface area contributed by atoms with Gasteiger partial charge in [0, 0.05) is 33.2 Å². The van der Waals surface area contributed by atoms with Crippen LogP contribution >= 0.6 is 11.6 Å². The Balaban J connectivity index is 1.88. The van der Waals surface area contributed by atoms with Gasteiger partial charge in [0.25, 0.3) is 0 Å². The molecule has 1 N–H and O–H groups in total. The maximum absolute atomic E-state index is 12.6. The molecule has 0 radical (unpaired) electrons. The van der Waals surface area contributed by atoms with Crippen LogP contribution in [0.15, 0.2) is 23.1 Å². The van der Waals surface area contributed by atoms with Crippen LogP contribution in [0.4, 0.5) is 0 Å². The number of hydrogen-bond acceptors (Lipinski definition) is 6. The van der Waals surface area contributed by atoms with Gasteiger partial charge in [-0.25, -0.2) is 8.42 Å². The smallest absolute Gasteiger partial charge is 0.243 e. The van der Waals surface area contributed by atoms with E-state index in [1.54, 1.807) is 0 Å². The van der Waals surface area contributed by atoms with Gasteiger partial charge < -0.3 is 14.8 Å². The fourth-order valence-corrected chi connectivity index (χ4v) is 4.07. The minimum Gasteiger partial charge on any atom is -0.492 e. The van der Waals surface area contributed by atoms with Gasteiger partial charge in [-0.05, 0) is 25.1 Å². The Morgan fingerprint density at radius 2 is 2.07 bits per heavy atom. The summed E-state index contributed by atoms with van der Waals surface area (Å²) in [4.78, 5) is 14.3. The number of likely N-dealkylation sites (N-methyl/N-ethyl adjacent to an activating group) is 1. The van der Waals surface area contributed by atoms with Crippen molar-refractivity contribution in [1.29, 1.82) is 0 Å². The second kappa shape index (κ2) is 10.2. The highest BCUT2D eigenvalue weighted by molar-refractivity contribution is 7.89. The third-order valence-corrected chi connectivity index (χ3v) is 6.23. The molecule has 0 atom stereocenters. The summed E-state index contributed by atoms with van der Waals surface area (Å²) >= 11 is 6.07. The van der Waals surface area contributed by atoms with Crippen LogP contribution in [-0.2, 0) is 19.6 Å². The van der Waals surface area contributed by atoms with Crippen molar-refractivity contribution in [3.05, 3.63) is 23.2 Å². The van der Waals surface area contributed by atoms with E-state index >= 15 is 0 Å². The molecular formula is C17H26ClN3O5S. The first-order chi connectivity index (χ1) is 12.8. The number of carbonyl (C=O) groups is 1. The van der Waals surface area contributed by atoms with Crippen LogP contribution in [-0.4, -0.2) is 83.1 Å². The van der Waals surface area contributed by atoms with E-state index in [0.717, 1.165) is 17.4 Å². The number of rotatable bonds is 9. The normalized spacial score (nSPS) is 15.7. The zero-order valence-corrected chi connectivity index (χ0v) is 17.2. The number of nitrogens with zero attached hydrogens (tertiary/aromatic N) is 2. The van der Waals surface area contributed by atoms with Crippen molar-refractivity contribution in [2.45, 2.75) is 11.8 Å². The molecule has 1 aliphatic heterocycles. The molecule has 0 unspecified atom stereocenters. The van der Waals surface area contributed by atoms with Crippen LogP contribution in [0.5, 0.6) is 5.75 Å². The molecule has 1 aromatic rings. The highest BCUT2D eigenvalue weighted by atomic mass is 35.5. The van der Waals surface area contributed by atoms with E-state index in [2.05, 4.69) is 10.2 Å². The third kappa shape index (κ3) is 6.32. The molecule has 1 aromatic carbocycles. The number of morpholine rings is 1. The quantitative estimate of drug-likeness (QED) is 0.637. The molecule has 0 spiro atoms. The predicted molar refractivity (Wildman–Crippen MR) is 103 cm³/mol. The summed E-state index contributed by atoms with van der Waals surface area (Å²) in [5, 5.41) is 2.96. The summed E-state index contributed by atoms with van der Waals surface area (Å²) in [6.45, 7) is 6.20. The first-order valence-corrected chi connectivity index (χ1v) is 10.6. The molecule has 0 aromatic heterocycles. The molecule has 0 aliphatic carbocycles. The van der Waals surface area contributed by atoms with Gasteiger partial charge in [-0.15, -0.1) is 0 Å². The van der Waals surface area contributed by atoms with Crippen molar-refractivity contribution >= 4 is 27.5 Å². The molecule has 1 fully saturated rings.